The predicted molar refractivity (Wildman–Crippen MR) is 113 cm³/mol. The van der Waals surface area contributed by atoms with E-state index in [9.17, 15) is 14.7 Å². The minimum Gasteiger partial charge on any atom is -0.481 e. The largest absolute Gasteiger partial charge is 0.481 e. The number of fused-ring (bicyclic) bond motifs is 1. The minimum absolute atomic E-state index is 0.0770. The van der Waals surface area contributed by atoms with Crippen molar-refractivity contribution < 1.29 is 19.4 Å². The Kier molecular flexibility index (Phi) is 4.46. The average Bonchev–Trinajstić information content (AvgIpc) is 3.17. The second kappa shape index (κ2) is 6.73. The van der Waals surface area contributed by atoms with E-state index in [4.69, 9.17) is 4.74 Å². The van der Waals surface area contributed by atoms with Gasteiger partial charge in [-0.3, -0.25) is 9.59 Å². The molecule has 1 aromatic rings. The topological polar surface area (TPSA) is 75.6 Å². The van der Waals surface area contributed by atoms with Crippen molar-refractivity contribution in [2.24, 2.45) is 23.2 Å². The van der Waals surface area contributed by atoms with Crippen LogP contribution < -0.4 is 10.1 Å². The maximum absolute atomic E-state index is 13.3. The molecule has 162 valence electrons. The van der Waals surface area contributed by atoms with Gasteiger partial charge in [-0.15, -0.1) is 0 Å². The summed E-state index contributed by atoms with van der Waals surface area (Å²) in [4.78, 5) is 25.2. The van der Waals surface area contributed by atoms with Gasteiger partial charge in [-0.25, -0.2) is 0 Å². The van der Waals surface area contributed by atoms with Crippen molar-refractivity contribution in [1.29, 1.82) is 0 Å². The molecule has 1 aromatic carbocycles. The molecule has 2 N–H and O–H groups in total. The molecule has 5 heteroatoms. The molecule has 0 aromatic heterocycles. The molecule has 5 aliphatic rings. The van der Waals surface area contributed by atoms with E-state index >= 15 is 0 Å². The lowest BCUT2D eigenvalue weighted by Gasteiger charge is -2.58. The SMILES string of the molecule is Cc1ccc(OC(C)(C)C(=O)NC2C3CC4CC2CC(C(=O)O)(C4)C3)c2c1CCC2. The lowest BCUT2D eigenvalue weighted by molar-refractivity contribution is -0.168. The van der Waals surface area contributed by atoms with Gasteiger partial charge in [0, 0.05) is 6.04 Å². The number of hydrogen-bond acceptors (Lipinski definition) is 3. The molecule has 4 fully saturated rings. The van der Waals surface area contributed by atoms with Crippen LogP contribution in [0.25, 0.3) is 0 Å². The zero-order valence-electron chi connectivity index (χ0n) is 18.3. The van der Waals surface area contributed by atoms with E-state index in [-0.39, 0.29) is 23.8 Å². The quantitative estimate of drug-likeness (QED) is 0.767. The molecule has 2 unspecified atom stereocenters. The fourth-order valence-corrected chi connectivity index (χ4v) is 7.12. The number of carbonyl (C=O) groups excluding carboxylic acids is 1. The Morgan fingerprint density at radius 1 is 1.10 bits per heavy atom. The normalized spacial score (nSPS) is 34.0. The van der Waals surface area contributed by atoms with E-state index in [0.29, 0.717) is 18.8 Å². The van der Waals surface area contributed by atoms with Crippen LogP contribution in [-0.4, -0.2) is 28.6 Å². The van der Waals surface area contributed by atoms with Crippen molar-refractivity contribution >= 4 is 11.9 Å². The fourth-order valence-electron chi connectivity index (χ4n) is 7.12. The van der Waals surface area contributed by atoms with Crippen molar-refractivity contribution in [2.75, 3.05) is 0 Å². The minimum atomic E-state index is -0.967. The molecule has 1 amide bonds. The third-order valence-electron chi connectivity index (χ3n) is 8.41. The molecule has 0 aliphatic heterocycles. The van der Waals surface area contributed by atoms with Crippen LogP contribution in [0, 0.1) is 30.1 Å². The molecule has 5 aliphatic carbocycles. The van der Waals surface area contributed by atoms with Crippen LogP contribution >= 0.6 is 0 Å². The van der Waals surface area contributed by atoms with E-state index < -0.39 is 17.0 Å². The Bertz CT molecular complexity index is 889. The zero-order chi connectivity index (χ0) is 21.3. The summed E-state index contributed by atoms with van der Waals surface area (Å²) in [5.74, 6) is 1.17. The van der Waals surface area contributed by atoms with Gasteiger partial charge in [0.2, 0.25) is 0 Å². The maximum Gasteiger partial charge on any atom is 0.309 e. The van der Waals surface area contributed by atoms with E-state index in [1.54, 1.807) is 0 Å². The van der Waals surface area contributed by atoms with Gasteiger partial charge >= 0.3 is 5.97 Å². The summed E-state index contributed by atoms with van der Waals surface area (Å²) in [6.45, 7) is 5.83. The molecule has 4 bridgehead atoms. The van der Waals surface area contributed by atoms with Crippen molar-refractivity contribution in [3.8, 4) is 5.75 Å². The van der Waals surface area contributed by atoms with E-state index in [2.05, 4.69) is 18.3 Å². The van der Waals surface area contributed by atoms with E-state index in [1.165, 1.54) is 16.7 Å². The molecule has 0 radical (unpaired) electrons. The Morgan fingerprint density at radius 3 is 2.43 bits per heavy atom. The first-order valence-corrected chi connectivity index (χ1v) is 11.5. The van der Waals surface area contributed by atoms with Crippen molar-refractivity contribution in [2.45, 2.75) is 83.8 Å². The first-order chi connectivity index (χ1) is 14.2. The number of carboxylic acids is 1. The molecule has 30 heavy (non-hydrogen) atoms. The predicted octanol–water partition coefficient (Wildman–Crippen LogP) is 4.04. The number of aryl methyl sites for hydroxylation is 1. The number of rotatable bonds is 5. The molecular weight excluding hydrogens is 378 g/mol. The zero-order valence-corrected chi connectivity index (χ0v) is 18.3. The van der Waals surface area contributed by atoms with E-state index in [1.807, 2.05) is 19.9 Å². The van der Waals surface area contributed by atoms with Gasteiger partial charge in [0.05, 0.1) is 5.41 Å². The highest BCUT2D eigenvalue weighted by atomic mass is 16.5. The lowest BCUT2D eigenvalue weighted by atomic mass is 9.48. The van der Waals surface area contributed by atoms with Crippen LogP contribution in [0.5, 0.6) is 5.75 Å². The average molecular weight is 412 g/mol. The van der Waals surface area contributed by atoms with Crippen LogP contribution in [-0.2, 0) is 22.4 Å². The van der Waals surface area contributed by atoms with E-state index in [0.717, 1.165) is 44.3 Å². The van der Waals surface area contributed by atoms with Crippen molar-refractivity contribution in [3.63, 3.8) is 0 Å². The molecule has 6 rings (SSSR count). The highest BCUT2D eigenvalue weighted by Crippen LogP contribution is 2.60. The molecule has 4 saturated carbocycles. The molecule has 0 heterocycles. The van der Waals surface area contributed by atoms with Crippen molar-refractivity contribution in [3.05, 3.63) is 28.8 Å². The lowest BCUT2D eigenvalue weighted by Crippen LogP contribution is -2.63. The summed E-state index contributed by atoms with van der Waals surface area (Å²) >= 11 is 0. The third-order valence-corrected chi connectivity index (χ3v) is 8.41. The Morgan fingerprint density at radius 2 is 1.77 bits per heavy atom. The summed E-state index contributed by atoms with van der Waals surface area (Å²) in [5.41, 5.74) is 2.42. The summed E-state index contributed by atoms with van der Waals surface area (Å²) in [5, 5.41) is 13.1. The highest BCUT2D eigenvalue weighted by Gasteiger charge is 2.59. The summed E-state index contributed by atoms with van der Waals surface area (Å²) in [6, 6.07) is 4.18. The van der Waals surface area contributed by atoms with Crippen LogP contribution in [0.1, 0.15) is 69.1 Å². The summed E-state index contributed by atoms with van der Waals surface area (Å²) < 4.78 is 6.31. The Labute approximate surface area is 178 Å². The highest BCUT2D eigenvalue weighted by molar-refractivity contribution is 5.85. The van der Waals surface area contributed by atoms with Gasteiger partial charge in [0.1, 0.15) is 5.75 Å². The molecule has 5 nitrogen and oxygen atoms in total. The number of carboxylic acid groups (broad SMARTS) is 1. The monoisotopic (exact) mass is 411 g/mol. The fraction of sp³-hybridized carbons (Fsp3) is 0.680. The summed E-state index contributed by atoms with van der Waals surface area (Å²) in [7, 11) is 0. The number of benzene rings is 1. The van der Waals surface area contributed by atoms with Gasteiger partial charge in [0.25, 0.3) is 5.91 Å². The second-order valence-corrected chi connectivity index (χ2v) is 10.9. The van der Waals surface area contributed by atoms with Crippen molar-refractivity contribution in [1.82, 2.24) is 5.32 Å². The Hall–Kier alpha value is -2.04. The number of ether oxygens (including phenoxy) is 1. The van der Waals surface area contributed by atoms with Crippen LogP contribution in [0.2, 0.25) is 0 Å². The smallest absolute Gasteiger partial charge is 0.309 e. The molecule has 2 atom stereocenters. The Balaban J connectivity index is 1.31. The first kappa shape index (κ1) is 19.9. The second-order valence-electron chi connectivity index (χ2n) is 10.9. The number of carbonyl (C=O) groups is 2. The van der Waals surface area contributed by atoms with Crippen LogP contribution in [0.4, 0.5) is 0 Å². The standard InChI is InChI=1S/C25H33NO4/c1-14-7-8-20(19-6-4-5-18(14)19)30-24(2,3)22(27)26-21-16-9-15-10-17(21)13-25(11-15,12-16)23(28)29/h7-8,15-17,21H,4-6,9-13H2,1-3H3,(H,26,27)(H,28,29). The number of nitrogens with one attached hydrogen (secondary N) is 1. The number of amides is 1. The number of aliphatic carboxylic acids is 1. The van der Waals surface area contributed by atoms with Gasteiger partial charge in [0.15, 0.2) is 5.60 Å². The molecule has 0 spiro atoms. The molecule has 0 saturated heterocycles. The first-order valence-electron chi connectivity index (χ1n) is 11.5. The van der Waals surface area contributed by atoms with Gasteiger partial charge < -0.3 is 15.2 Å². The van der Waals surface area contributed by atoms with Gasteiger partial charge in [-0.2, -0.15) is 0 Å². The maximum atomic E-state index is 13.3. The summed E-state index contributed by atoms with van der Waals surface area (Å²) in [6.07, 6.45) is 7.55. The number of hydrogen-bond donors (Lipinski definition) is 2. The molecular formula is C25H33NO4. The van der Waals surface area contributed by atoms with Crippen LogP contribution in [0.3, 0.4) is 0 Å². The third kappa shape index (κ3) is 3.04. The van der Waals surface area contributed by atoms with Gasteiger partial charge in [-0.05, 0) is 113 Å². The van der Waals surface area contributed by atoms with Crippen LogP contribution in [0.15, 0.2) is 12.1 Å². The van der Waals surface area contributed by atoms with Gasteiger partial charge in [-0.1, -0.05) is 6.07 Å².